The van der Waals surface area contributed by atoms with Crippen LogP contribution in [-0.2, 0) is 17.8 Å². The number of nitrogens with zero attached hydrogens (tertiary/aromatic N) is 2. The molecule has 0 saturated carbocycles. The minimum Gasteiger partial charge on any atom is -0.481 e. The number of hydrogen-bond acceptors (Lipinski definition) is 5. The van der Waals surface area contributed by atoms with Crippen LogP contribution in [-0.4, -0.2) is 27.8 Å². The first-order valence-corrected chi connectivity index (χ1v) is 4.96. The monoisotopic (exact) mass is 213 g/mol. The highest BCUT2D eigenvalue weighted by Crippen LogP contribution is 1.97. The average Bonchev–Trinajstić information content (AvgIpc) is 2.65. The summed E-state index contributed by atoms with van der Waals surface area (Å²) >= 11 is 0. The lowest BCUT2D eigenvalue weighted by Crippen LogP contribution is -2.16. The van der Waals surface area contributed by atoms with Gasteiger partial charge in [-0.1, -0.05) is 12.1 Å². The summed E-state index contributed by atoms with van der Waals surface area (Å²) in [6, 6.07) is 0. The first kappa shape index (κ1) is 11.6. The average molecular weight is 213 g/mol. The molecule has 0 spiro atoms. The van der Waals surface area contributed by atoms with E-state index < -0.39 is 5.97 Å². The van der Waals surface area contributed by atoms with E-state index in [9.17, 15) is 4.79 Å². The predicted octanol–water partition coefficient (Wildman–Crippen LogP) is 0.586. The quantitative estimate of drug-likeness (QED) is 0.644. The Kier molecular flexibility index (Phi) is 4.76. The van der Waals surface area contributed by atoms with E-state index in [2.05, 4.69) is 15.5 Å². The van der Waals surface area contributed by atoms with Crippen LogP contribution in [0.15, 0.2) is 4.52 Å². The summed E-state index contributed by atoms with van der Waals surface area (Å²) in [6.45, 7) is 3.08. The third kappa shape index (κ3) is 4.55. The maximum atomic E-state index is 10.2. The van der Waals surface area contributed by atoms with Crippen molar-refractivity contribution >= 4 is 5.97 Å². The Balaban J connectivity index is 2.12. The van der Waals surface area contributed by atoms with Crippen molar-refractivity contribution in [2.24, 2.45) is 0 Å². The molecule has 6 heteroatoms. The van der Waals surface area contributed by atoms with Crippen LogP contribution in [0.25, 0.3) is 0 Å². The van der Waals surface area contributed by atoms with Crippen molar-refractivity contribution in [2.75, 3.05) is 6.54 Å². The summed E-state index contributed by atoms with van der Waals surface area (Å²) in [5.41, 5.74) is 0. The zero-order valence-electron chi connectivity index (χ0n) is 8.69. The van der Waals surface area contributed by atoms with E-state index in [0.717, 1.165) is 6.42 Å². The molecule has 6 nitrogen and oxygen atoms in total. The molecule has 84 valence electrons. The molecule has 0 aliphatic carbocycles. The fourth-order valence-electron chi connectivity index (χ4n) is 1.07. The van der Waals surface area contributed by atoms with Gasteiger partial charge in [0, 0.05) is 12.8 Å². The third-order valence-corrected chi connectivity index (χ3v) is 1.85. The number of aromatic nitrogens is 2. The molecule has 0 unspecified atom stereocenters. The Labute approximate surface area is 87.7 Å². The number of nitrogens with one attached hydrogen (secondary N) is 1. The highest BCUT2D eigenvalue weighted by molar-refractivity contribution is 5.66. The minimum atomic E-state index is -0.775. The zero-order valence-corrected chi connectivity index (χ0v) is 8.69. The molecular weight excluding hydrogens is 198 g/mol. The van der Waals surface area contributed by atoms with Crippen LogP contribution in [0.3, 0.4) is 0 Å². The van der Waals surface area contributed by atoms with Gasteiger partial charge in [-0.2, -0.15) is 4.98 Å². The number of aliphatic carboxylic acids is 1. The van der Waals surface area contributed by atoms with Gasteiger partial charge in [-0.25, -0.2) is 0 Å². The van der Waals surface area contributed by atoms with Crippen LogP contribution in [0.4, 0.5) is 0 Å². The summed E-state index contributed by atoms with van der Waals surface area (Å²) < 4.78 is 4.94. The molecule has 0 atom stereocenters. The molecule has 1 rings (SSSR count). The van der Waals surface area contributed by atoms with Gasteiger partial charge in [-0.05, 0) is 13.0 Å². The highest BCUT2D eigenvalue weighted by atomic mass is 16.5. The molecule has 1 aromatic heterocycles. The molecule has 0 aliphatic heterocycles. The van der Waals surface area contributed by atoms with Gasteiger partial charge in [0.2, 0.25) is 5.89 Å². The fourth-order valence-corrected chi connectivity index (χ4v) is 1.07. The number of aryl methyl sites for hydroxylation is 1. The van der Waals surface area contributed by atoms with Gasteiger partial charge in [0.1, 0.15) is 0 Å². The Morgan fingerprint density at radius 3 is 3.00 bits per heavy atom. The summed E-state index contributed by atoms with van der Waals surface area (Å²) in [5.74, 6) is 0.461. The molecule has 0 aromatic carbocycles. The van der Waals surface area contributed by atoms with Crippen molar-refractivity contribution in [1.29, 1.82) is 0 Å². The Morgan fingerprint density at radius 2 is 2.40 bits per heavy atom. The van der Waals surface area contributed by atoms with E-state index in [1.54, 1.807) is 0 Å². The number of hydrogen-bond donors (Lipinski definition) is 2. The maximum absolute atomic E-state index is 10.2. The largest absolute Gasteiger partial charge is 0.481 e. The molecular formula is C9H15N3O3. The van der Waals surface area contributed by atoms with Crippen LogP contribution in [0.2, 0.25) is 0 Å². The number of carboxylic acids is 1. The molecule has 0 fully saturated rings. The minimum absolute atomic E-state index is 0.178. The molecule has 2 N–H and O–H groups in total. The smallest absolute Gasteiger partial charge is 0.303 e. The lowest BCUT2D eigenvalue weighted by molar-refractivity contribution is -0.137. The first-order valence-electron chi connectivity index (χ1n) is 4.96. The van der Waals surface area contributed by atoms with E-state index in [1.165, 1.54) is 0 Å². The SMILES string of the molecule is CCc1noc(CNCCCC(=O)O)n1. The second-order valence-electron chi connectivity index (χ2n) is 3.13. The third-order valence-electron chi connectivity index (χ3n) is 1.85. The van der Waals surface area contributed by atoms with Crippen molar-refractivity contribution in [3.63, 3.8) is 0 Å². The van der Waals surface area contributed by atoms with Gasteiger partial charge < -0.3 is 14.9 Å². The highest BCUT2D eigenvalue weighted by Gasteiger charge is 2.03. The van der Waals surface area contributed by atoms with E-state index in [0.29, 0.717) is 31.2 Å². The molecule has 0 bridgehead atoms. The fraction of sp³-hybridized carbons (Fsp3) is 0.667. The summed E-state index contributed by atoms with van der Waals surface area (Å²) in [6.07, 6.45) is 1.53. The zero-order chi connectivity index (χ0) is 11.1. The van der Waals surface area contributed by atoms with Crippen LogP contribution < -0.4 is 5.32 Å². The van der Waals surface area contributed by atoms with Gasteiger partial charge in [0.05, 0.1) is 6.54 Å². The molecule has 0 aliphatic rings. The van der Waals surface area contributed by atoms with Gasteiger partial charge in [-0.15, -0.1) is 0 Å². The standard InChI is InChI=1S/C9H15N3O3/c1-2-7-11-8(15-12-7)6-10-5-3-4-9(13)14/h10H,2-6H2,1H3,(H,13,14). The van der Waals surface area contributed by atoms with Crippen LogP contribution in [0.1, 0.15) is 31.5 Å². The summed E-state index contributed by atoms with van der Waals surface area (Å²) in [5, 5.41) is 15.2. The molecule has 0 radical (unpaired) electrons. The van der Waals surface area contributed by atoms with E-state index >= 15 is 0 Å². The van der Waals surface area contributed by atoms with Crippen molar-refractivity contribution in [2.45, 2.75) is 32.7 Å². The first-order chi connectivity index (χ1) is 7.22. The van der Waals surface area contributed by atoms with Gasteiger partial charge >= 0.3 is 5.97 Å². The van der Waals surface area contributed by atoms with E-state index in [1.807, 2.05) is 6.92 Å². The molecule has 1 aromatic rings. The molecule has 1 heterocycles. The summed E-state index contributed by atoms with van der Waals surface area (Å²) in [7, 11) is 0. The van der Waals surface area contributed by atoms with E-state index in [-0.39, 0.29) is 6.42 Å². The van der Waals surface area contributed by atoms with Gasteiger partial charge in [0.25, 0.3) is 0 Å². The second-order valence-corrected chi connectivity index (χ2v) is 3.13. The maximum Gasteiger partial charge on any atom is 0.303 e. The Morgan fingerprint density at radius 1 is 1.60 bits per heavy atom. The second kappa shape index (κ2) is 6.13. The predicted molar refractivity (Wildman–Crippen MR) is 52.3 cm³/mol. The van der Waals surface area contributed by atoms with Crippen molar-refractivity contribution in [1.82, 2.24) is 15.5 Å². The number of carboxylic acid groups (broad SMARTS) is 1. The van der Waals surface area contributed by atoms with E-state index in [4.69, 9.17) is 9.63 Å². The van der Waals surface area contributed by atoms with Gasteiger partial charge in [-0.3, -0.25) is 4.79 Å². The number of rotatable bonds is 7. The lowest BCUT2D eigenvalue weighted by atomic mass is 10.3. The normalized spacial score (nSPS) is 10.5. The summed E-state index contributed by atoms with van der Waals surface area (Å²) in [4.78, 5) is 14.3. The molecule has 0 amide bonds. The van der Waals surface area contributed by atoms with Crippen molar-refractivity contribution < 1.29 is 14.4 Å². The lowest BCUT2D eigenvalue weighted by Gasteiger charge is -1.98. The number of carbonyl (C=O) groups is 1. The van der Waals surface area contributed by atoms with Crippen molar-refractivity contribution in [3.05, 3.63) is 11.7 Å². The molecule has 15 heavy (non-hydrogen) atoms. The van der Waals surface area contributed by atoms with Crippen LogP contribution in [0.5, 0.6) is 0 Å². The van der Waals surface area contributed by atoms with Crippen LogP contribution in [0, 0.1) is 0 Å². The Hall–Kier alpha value is -1.43. The van der Waals surface area contributed by atoms with Crippen molar-refractivity contribution in [3.8, 4) is 0 Å². The topological polar surface area (TPSA) is 88.2 Å². The Bertz CT molecular complexity index is 311. The van der Waals surface area contributed by atoms with Gasteiger partial charge in [0.15, 0.2) is 5.82 Å². The molecule has 0 saturated heterocycles. The van der Waals surface area contributed by atoms with Crippen LogP contribution >= 0.6 is 0 Å².